The van der Waals surface area contributed by atoms with Crippen molar-refractivity contribution in [2.45, 2.75) is 110 Å². The molecule has 1 aromatic heterocycles. The van der Waals surface area contributed by atoms with Gasteiger partial charge in [-0.1, -0.05) is 90.9 Å². The van der Waals surface area contributed by atoms with Gasteiger partial charge in [0.05, 0.1) is 12.3 Å². The Balaban J connectivity index is 1.83. The molecule has 0 spiro atoms. The molecule has 0 aliphatic rings. The third-order valence-corrected chi connectivity index (χ3v) is 5.15. The first kappa shape index (κ1) is 23.0. The van der Waals surface area contributed by atoms with E-state index in [2.05, 4.69) is 18.8 Å². The van der Waals surface area contributed by atoms with Crippen LogP contribution in [0.5, 0.6) is 0 Å². The number of Topliss-reactive ketones (excluding diaryl/α,β-unsaturated/α-hetero) is 1. The van der Waals surface area contributed by atoms with Crippen LogP contribution in [0.15, 0.2) is 12.1 Å². The first-order chi connectivity index (χ1) is 12.6. The van der Waals surface area contributed by atoms with Crippen LogP contribution in [-0.2, 0) is 6.61 Å². The number of unbranched alkanes of at least 4 members (excludes halogenated alkanes) is 11. The van der Waals surface area contributed by atoms with Gasteiger partial charge in [-0.05, 0) is 24.5 Å². The molecule has 3 nitrogen and oxygen atoms in total. The summed E-state index contributed by atoms with van der Waals surface area (Å²) >= 11 is 0. The Labute approximate surface area is 161 Å². The second-order valence-electron chi connectivity index (χ2n) is 8.15. The minimum atomic E-state index is -0.0363. The predicted octanol–water partition coefficient (Wildman–Crippen LogP) is 6.81. The molecule has 0 unspecified atom stereocenters. The van der Waals surface area contributed by atoms with Gasteiger partial charge in [-0.25, -0.2) is 0 Å². The number of aromatic amines is 1. The van der Waals surface area contributed by atoms with Crippen molar-refractivity contribution in [3.8, 4) is 0 Å². The van der Waals surface area contributed by atoms with Crippen LogP contribution in [0, 0.1) is 5.92 Å². The van der Waals surface area contributed by atoms with Crippen molar-refractivity contribution < 1.29 is 9.90 Å². The van der Waals surface area contributed by atoms with E-state index in [9.17, 15) is 4.79 Å². The van der Waals surface area contributed by atoms with E-state index in [1.807, 2.05) is 0 Å². The first-order valence-electron chi connectivity index (χ1n) is 11.0. The third-order valence-electron chi connectivity index (χ3n) is 5.15. The van der Waals surface area contributed by atoms with Crippen LogP contribution in [-0.4, -0.2) is 15.9 Å². The molecule has 0 aliphatic heterocycles. The highest BCUT2D eigenvalue weighted by molar-refractivity contribution is 5.94. The van der Waals surface area contributed by atoms with Crippen LogP contribution in [0.3, 0.4) is 0 Å². The molecule has 150 valence electrons. The van der Waals surface area contributed by atoms with Crippen molar-refractivity contribution in [1.29, 1.82) is 0 Å². The van der Waals surface area contributed by atoms with Crippen LogP contribution in [0.2, 0.25) is 0 Å². The molecule has 0 amide bonds. The standard InChI is InChI=1S/C23H41NO2/c1-20(2)15-13-11-9-7-5-3-4-6-8-10-12-14-16-23(26)22-18-17-21(19-25)24-22/h17-18,20,24-25H,3-16,19H2,1-2H3. The van der Waals surface area contributed by atoms with E-state index < -0.39 is 0 Å². The minimum Gasteiger partial charge on any atom is -0.390 e. The Hall–Kier alpha value is -1.09. The highest BCUT2D eigenvalue weighted by Crippen LogP contribution is 2.15. The molecule has 0 atom stereocenters. The number of aliphatic hydroxyl groups is 1. The molecule has 26 heavy (non-hydrogen) atoms. The lowest BCUT2D eigenvalue weighted by atomic mass is 10.0. The topological polar surface area (TPSA) is 53.1 Å². The van der Waals surface area contributed by atoms with E-state index in [1.165, 1.54) is 70.6 Å². The average molecular weight is 364 g/mol. The average Bonchev–Trinajstić information content (AvgIpc) is 3.11. The van der Waals surface area contributed by atoms with Crippen LogP contribution in [0.4, 0.5) is 0 Å². The molecule has 3 heteroatoms. The quantitative estimate of drug-likeness (QED) is 0.236. The molecule has 0 fully saturated rings. The monoisotopic (exact) mass is 363 g/mol. The fourth-order valence-electron chi connectivity index (χ4n) is 3.44. The molecular weight excluding hydrogens is 322 g/mol. The molecule has 1 aromatic rings. The summed E-state index contributed by atoms with van der Waals surface area (Å²) in [5, 5.41) is 9.01. The molecule has 0 radical (unpaired) electrons. The number of hydrogen-bond acceptors (Lipinski definition) is 2. The molecule has 1 rings (SSSR count). The number of nitrogens with one attached hydrogen (secondary N) is 1. The summed E-state index contributed by atoms with van der Waals surface area (Å²) in [5.74, 6) is 1.03. The lowest BCUT2D eigenvalue weighted by Gasteiger charge is -2.05. The molecular formula is C23H41NO2. The zero-order chi connectivity index (χ0) is 19.0. The summed E-state index contributed by atoms with van der Waals surface area (Å²) in [5.41, 5.74) is 1.35. The second-order valence-corrected chi connectivity index (χ2v) is 8.15. The summed E-state index contributed by atoms with van der Waals surface area (Å²) in [6.45, 7) is 4.59. The van der Waals surface area contributed by atoms with Crippen molar-refractivity contribution in [1.82, 2.24) is 4.98 Å². The maximum atomic E-state index is 12.0. The first-order valence-corrected chi connectivity index (χ1v) is 11.0. The van der Waals surface area contributed by atoms with Gasteiger partial charge in [0, 0.05) is 12.1 Å². The van der Waals surface area contributed by atoms with Gasteiger partial charge < -0.3 is 10.1 Å². The lowest BCUT2D eigenvalue weighted by molar-refractivity contribution is 0.0974. The SMILES string of the molecule is CC(C)CCCCCCCCCCCCCCC(=O)c1ccc(CO)[nH]1. The number of aromatic nitrogens is 1. The van der Waals surface area contributed by atoms with Gasteiger partial charge in [0.2, 0.25) is 0 Å². The van der Waals surface area contributed by atoms with Gasteiger partial charge in [-0.2, -0.15) is 0 Å². The number of carbonyl (C=O) groups is 1. The molecule has 0 saturated carbocycles. The molecule has 1 heterocycles. The van der Waals surface area contributed by atoms with Gasteiger partial charge in [-0.15, -0.1) is 0 Å². The Morgan fingerprint density at radius 3 is 1.81 bits per heavy atom. The zero-order valence-electron chi connectivity index (χ0n) is 17.2. The van der Waals surface area contributed by atoms with E-state index >= 15 is 0 Å². The number of H-pyrrole nitrogens is 1. The van der Waals surface area contributed by atoms with E-state index in [1.54, 1.807) is 12.1 Å². The van der Waals surface area contributed by atoms with Gasteiger partial charge in [-0.3, -0.25) is 4.79 Å². The minimum absolute atomic E-state index is 0.0363. The van der Waals surface area contributed by atoms with Crippen molar-refractivity contribution in [3.63, 3.8) is 0 Å². The number of rotatable bonds is 17. The smallest absolute Gasteiger partial charge is 0.179 e. The normalized spacial score (nSPS) is 11.4. The van der Waals surface area contributed by atoms with Crippen LogP contribution < -0.4 is 0 Å². The maximum Gasteiger partial charge on any atom is 0.179 e. The van der Waals surface area contributed by atoms with Crippen molar-refractivity contribution in [2.75, 3.05) is 0 Å². The number of ketones is 1. The third kappa shape index (κ3) is 11.5. The lowest BCUT2D eigenvalue weighted by Crippen LogP contribution is -1.99. The summed E-state index contributed by atoms with van der Waals surface area (Å²) in [6.07, 6.45) is 17.8. The zero-order valence-corrected chi connectivity index (χ0v) is 17.2. The summed E-state index contributed by atoms with van der Waals surface area (Å²) in [7, 11) is 0. The van der Waals surface area contributed by atoms with E-state index in [0.717, 1.165) is 18.8 Å². The number of hydrogen-bond donors (Lipinski definition) is 2. The van der Waals surface area contributed by atoms with E-state index in [0.29, 0.717) is 17.8 Å². The maximum absolute atomic E-state index is 12.0. The highest BCUT2D eigenvalue weighted by Gasteiger charge is 2.07. The van der Waals surface area contributed by atoms with E-state index in [-0.39, 0.29) is 12.4 Å². The molecule has 0 aliphatic carbocycles. The summed E-state index contributed by atoms with van der Waals surface area (Å²) in [4.78, 5) is 15.0. The second kappa shape index (κ2) is 15.0. The van der Waals surface area contributed by atoms with Crippen molar-refractivity contribution in [3.05, 3.63) is 23.5 Å². The fraction of sp³-hybridized carbons (Fsp3) is 0.783. The molecule has 0 bridgehead atoms. The van der Waals surface area contributed by atoms with Crippen LogP contribution in [0.25, 0.3) is 0 Å². The number of aliphatic hydroxyl groups excluding tert-OH is 1. The van der Waals surface area contributed by atoms with Crippen molar-refractivity contribution >= 4 is 5.78 Å². The largest absolute Gasteiger partial charge is 0.390 e. The Morgan fingerprint density at radius 1 is 0.846 bits per heavy atom. The fourth-order valence-corrected chi connectivity index (χ4v) is 3.44. The van der Waals surface area contributed by atoms with Gasteiger partial charge >= 0.3 is 0 Å². The van der Waals surface area contributed by atoms with Crippen molar-refractivity contribution in [2.24, 2.45) is 5.92 Å². The summed E-state index contributed by atoms with van der Waals surface area (Å²) in [6, 6.07) is 3.55. The Kier molecular flexibility index (Phi) is 13.3. The Morgan fingerprint density at radius 2 is 1.35 bits per heavy atom. The predicted molar refractivity (Wildman–Crippen MR) is 111 cm³/mol. The van der Waals surface area contributed by atoms with E-state index in [4.69, 9.17) is 5.11 Å². The Bertz CT molecular complexity index is 465. The molecule has 2 N–H and O–H groups in total. The van der Waals surface area contributed by atoms with Gasteiger partial charge in [0.25, 0.3) is 0 Å². The van der Waals surface area contributed by atoms with Crippen LogP contribution >= 0.6 is 0 Å². The van der Waals surface area contributed by atoms with Gasteiger partial charge in [0.15, 0.2) is 5.78 Å². The summed E-state index contributed by atoms with van der Waals surface area (Å²) < 4.78 is 0. The van der Waals surface area contributed by atoms with Gasteiger partial charge in [0.1, 0.15) is 0 Å². The highest BCUT2D eigenvalue weighted by atomic mass is 16.3. The molecule has 0 saturated heterocycles. The number of carbonyl (C=O) groups excluding carboxylic acids is 1. The van der Waals surface area contributed by atoms with Crippen LogP contribution in [0.1, 0.15) is 120 Å². The molecule has 0 aromatic carbocycles.